The van der Waals surface area contributed by atoms with E-state index in [0.29, 0.717) is 48.7 Å². The second-order valence-electron chi connectivity index (χ2n) is 11.9. The number of para-hydroxylation sites is 1. The lowest BCUT2D eigenvalue weighted by molar-refractivity contribution is -0.159. The van der Waals surface area contributed by atoms with Crippen molar-refractivity contribution in [2.24, 2.45) is 22.6 Å². The molecule has 256 valence electrons. The topological polar surface area (TPSA) is 103 Å². The fraction of sp³-hybridized carbons (Fsp3) is 0.500. The first-order chi connectivity index (χ1) is 22.1. The summed E-state index contributed by atoms with van der Waals surface area (Å²) in [5.41, 5.74) is 7.41. The quantitative estimate of drug-likeness (QED) is 0.361. The number of alkyl halides is 6. The number of benzene rings is 2. The summed E-state index contributed by atoms with van der Waals surface area (Å²) >= 11 is 0. The van der Waals surface area contributed by atoms with Gasteiger partial charge in [0.05, 0.1) is 24.0 Å². The van der Waals surface area contributed by atoms with Crippen LogP contribution in [0.4, 0.5) is 32.0 Å². The van der Waals surface area contributed by atoms with Crippen molar-refractivity contribution in [2.45, 2.75) is 44.2 Å². The Hall–Kier alpha value is -3.98. The van der Waals surface area contributed by atoms with Gasteiger partial charge in [-0.2, -0.15) is 26.3 Å². The van der Waals surface area contributed by atoms with Crippen LogP contribution in [-0.4, -0.2) is 104 Å². The highest BCUT2D eigenvalue weighted by atomic mass is 19.4. The average Bonchev–Trinajstić information content (AvgIpc) is 3.11. The Balaban J connectivity index is 1.86. The van der Waals surface area contributed by atoms with E-state index in [1.807, 2.05) is 16.8 Å². The first kappa shape index (κ1) is 35.9. The Morgan fingerprint density at radius 2 is 1.43 bits per heavy atom. The Bertz CT molecular complexity index is 1440. The van der Waals surface area contributed by atoms with Gasteiger partial charge in [-0.3, -0.25) is 24.2 Å². The summed E-state index contributed by atoms with van der Waals surface area (Å²) in [6.07, 6.45) is -16.2. The smallest absolute Gasteiger partial charge is 0.369 e. The van der Waals surface area contributed by atoms with Gasteiger partial charge in [0.15, 0.2) is 0 Å². The molecule has 3 amide bonds. The summed E-state index contributed by atoms with van der Waals surface area (Å²) in [6.45, 7) is 1.74. The van der Waals surface area contributed by atoms with Crippen LogP contribution in [0.2, 0.25) is 0 Å². The van der Waals surface area contributed by atoms with E-state index in [2.05, 4.69) is 0 Å². The molecule has 0 bridgehead atoms. The van der Waals surface area contributed by atoms with E-state index in [1.165, 1.54) is 11.9 Å². The number of amides is 3. The van der Waals surface area contributed by atoms with Gasteiger partial charge in [0.1, 0.15) is 0 Å². The van der Waals surface area contributed by atoms with Crippen LogP contribution < -0.4 is 10.6 Å². The monoisotopic (exact) mass is 668 g/mol. The van der Waals surface area contributed by atoms with Crippen LogP contribution in [0.15, 0.2) is 59.6 Å². The molecular weight excluding hydrogens is 630 g/mol. The van der Waals surface area contributed by atoms with E-state index in [-0.39, 0.29) is 6.67 Å². The molecule has 0 unspecified atom stereocenters. The number of halogens is 6. The predicted molar refractivity (Wildman–Crippen MR) is 163 cm³/mol. The van der Waals surface area contributed by atoms with Crippen molar-refractivity contribution in [1.82, 2.24) is 14.7 Å². The minimum atomic E-state index is -4.79. The van der Waals surface area contributed by atoms with Gasteiger partial charge in [-0.25, -0.2) is 4.99 Å². The van der Waals surface area contributed by atoms with Crippen molar-refractivity contribution in [1.29, 1.82) is 0 Å². The molecule has 1 fully saturated rings. The zero-order chi connectivity index (χ0) is 34.5. The number of rotatable bonds is 11. The van der Waals surface area contributed by atoms with Gasteiger partial charge >= 0.3 is 12.4 Å². The number of hydrogen-bond donors (Lipinski definition) is 1. The number of fused-ring (bicyclic) bond motifs is 1. The highest BCUT2D eigenvalue weighted by Crippen LogP contribution is 2.35. The van der Waals surface area contributed by atoms with Crippen LogP contribution >= 0.6 is 0 Å². The molecule has 0 spiro atoms. The normalized spacial score (nSPS) is 19.4. The standard InChI is InChI=1S/C32H38F6N6O3/c1-41-16-18-43(19-17-41)20-44(29(46)23(13-15-32(36,37)38)22(27(39)45)12-14-31(33,34)35)28-30(47)42(2)25-11-7-6-10-24(25)26(40-28)21-8-4-3-5-9-21/h3-11,22-23,28H,12-20H2,1-2H3,(H2,39,45)/t22-,23+,28+/m1/s1. The van der Waals surface area contributed by atoms with Gasteiger partial charge in [-0.1, -0.05) is 48.5 Å². The van der Waals surface area contributed by atoms with Gasteiger partial charge in [0, 0.05) is 63.1 Å². The SMILES string of the molecule is CN1CCN(CN(C(=O)[C@@H](CCC(F)(F)F)[C@@H](CCC(F)(F)F)C(N)=O)[C@@H]2N=C(c3ccccc3)c3ccccc3N(C)C2=O)CC1. The van der Waals surface area contributed by atoms with Crippen LogP contribution in [0.5, 0.6) is 0 Å². The van der Waals surface area contributed by atoms with Gasteiger partial charge in [-0.15, -0.1) is 0 Å². The number of hydrogen-bond acceptors (Lipinski definition) is 6. The van der Waals surface area contributed by atoms with E-state index in [9.17, 15) is 40.7 Å². The lowest BCUT2D eigenvalue weighted by atomic mass is 9.83. The third-order valence-corrected chi connectivity index (χ3v) is 8.54. The number of primary amides is 1. The molecule has 47 heavy (non-hydrogen) atoms. The molecule has 15 heteroatoms. The number of aliphatic imine (C=N–C) groups is 1. The summed E-state index contributed by atoms with van der Waals surface area (Å²) in [5, 5.41) is 0. The van der Waals surface area contributed by atoms with Crippen molar-refractivity contribution >= 4 is 29.1 Å². The number of nitrogens with zero attached hydrogens (tertiary/aromatic N) is 5. The molecule has 2 N–H and O–H groups in total. The van der Waals surface area contributed by atoms with Gasteiger partial charge in [-0.05, 0) is 26.0 Å². The third kappa shape index (κ3) is 9.31. The van der Waals surface area contributed by atoms with E-state index in [4.69, 9.17) is 10.7 Å². The Kier molecular flexibility index (Phi) is 11.3. The van der Waals surface area contributed by atoms with Crippen LogP contribution in [0.25, 0.3) is 0 Å². The van der Waals surface area contributed by atoms with Crippen molar-refractivity contribution < 1.29 is 40.7 Å². The molecule has 3 atom stereocenters. The Morgan fingerprint density at radius 1 is 0.872 bits per heavy atom. The molecule has 0 aliphatic carbocycles. The molecule has 0 radical (unpaired) electrons. The number of carbonyl (C=O) groups is 3. The maximum Gasteiger partial charge on any atom is 0.389 e. The van der Waals surface area contributed by atoms with Crippen molar-refractivity contribution in [3.63, 3.8) is 0 Å². The van der Waals surface area contributed by atoms with Crippen LogP contribution in [0.1, 0.15) is 36.8 Å². The van der Waals surface area contributed by atoms with Crippen molar-refractivity contribution in [3.8, 4) is 0 Å². The Labute approximate surface area is 269 Å². The largest absolute Gasteiger partial charge is 0.389 e. The lowest BCUT2D eigenvalue weighted by Crippen LogP contribution is -2.58. The number of nitrogens with two attached hydrogens (primary N) is 1. The molecule has 2 aromatic rings. The van der Waals surface area contributed by atoms with Crippen LogP contribution in [0.3, 0.4) is 0 Å². The highest BCUT2D eigenvalue weighted by molar-refractivity contribution is 6.20. The summed E-state index contributed by atoms with van der Waals surface area (Å²) in [5.74, 6) is -6.91. The molecule has 0 aromatic heterocycles. The molecular formula is C32H38F6N6O3. The van der Waals surface area contributed by atoms with Crippen LogP contribution in [-0.2, 0) is 14.4 Å². The maximum absolute atomic E-state index is 14.5. The first-order valence-corrected chi connectivity index (χ1v) is 15.2. The molecule has 2 aliphatic rings. The second-order valence-corrected chi connectivity index (χ2v) is 11.9. The molecule has 2 aromatic carbocycles. The highest BCUT2D eigenvalue weighted by Gasteiger charge is 2.45. The summed E-state index contributed by atoms with van der Waals surface area (Å²) in [7, 11) is 3.37. The number of anilines is 1. The van der Waals surface area contributed by atoms with Crippen molar-refractivity contribution in [3.05, 3.63) is 65.7 Å². The minimum absolute atomic E-state index is 0.272. The Morgan fingerprint density at radius 3 is 2.00 bits per heavy atom. The van der Waals surface area contributed by atoms with Crippen molar-refractivity contribution in [2.75, 3.05) is 51.8 Å². The summed E-state index contributed by atoms with van der Waals surface area (Å²) < 4.78 is 80.4. The first-order valence-electron chi connectivity index (χ1n) is 15.2. The lowest BCUT2D eigenvalue weighted by Gasteiger charge is -2.40. The molecule has 2 heterocycles. The van der Waals surface area contributed by atoms with Gasteiger partial charge in [0.25, 0.3) is 5.91 Å². The number of benzodiazepines with no additional fused rings is 1. The van der Waals surface area contributed by atoms with Crippen LogP contribution in [0, 0.1) is 11.8 Å². The number of carbonyl (C=O) groups excluding carboxylic acids is 3. The fourth-order valence-electron chi connectivity index (χ4n) is 5.90. The summed E-state index contributed by atoms with van der Waals surface area (Å²) in [6, 6.07) is 15.7. The van der Waals surface area contributed by atoms with E-state index < -0.39 is 73.8 Å². The fourth-order valence-corrected chi connectivity index (χ4v) is 5.90. The zero-order valence-electron chi connectivity index (χ0n) is 26.1. The molecule has 9 nitrogen and oxygen atoms in total. The summed E-state index contributed by atoms with van der Waals surface area (Å²) in [4.78, 5) is 52.2. The molecule has 4 rings (SSSR count). The minimum Gasteiger partial charge on any atom is -0.369 e. The van der Waals surface area contributed by atoms with E-state index >= 15 is 0 Å². The average molecular weight is 669 g/mol. The number of likely N-dealkylation sites (N-methyl/N-ethyl adjacent to an activating group) is 2. The van der Waals surface area contributed by atoms with E-state index in [1.54, 1.807) is 54.6 Å². The van der Waals surface area contributed by atoms with Gasteiger partial charge < -0.3 is 15.5 Å². The molecule has 1 saturated heterocycles. The van der Waals surface area contributed by atoms with Gasteiger partial charge in [0.2, 0.25) is 18.0 Å². The molecule has 2 aliphatic heterocycles. The predicted octanol–water partition coefficient (Wildman–Crippen LogP) is 4.26. The zero-order valence-corrected chi connectivity index (χ0v) is 26.1. The molecule has 0 saturated carbocycles. The van der Waals surface area contributed by atoms with E-state index in [0.717, 1.165) is 4.90 Å². The second kappa shape index (κ2) is 14.8. The third-order valence-electron chi connectivity index (χ3n) is 8.54. The maximum atomic E-state index is 14.5. The number of piperazine rings is 1.